The summed E-state index contributed by atoms with van der Waals surface area (Å²) >= 11 is 1.39. The van der Waals surface area contributed by atoms with E-state index in [1.54, 1.807) is 25.1 Å². The molecule has 4 nitrogen and oxygen atoms in total. The molecule has 0 saturated heterocycles. The fraction of sp³-hybridized carbons (Fsp3) is 0.286. The first kappa shape index (κ1) is 16.1. The number of nitrogens with one attached hydrogen (secondary N) is 1. The number of rotatable bonds is 6. The van der Waals surface area contributed by atoms with Gasteiger partial charge in [0.25, 0.3) is 0 Å². The molecular weight excluding hydrogens is 311 g/mol. The summed E-state index contributed by atoms with van der Waals surface area (Å²) in [6, 6.07) is 7.62. The van der Waals surface area contributed by atoms with Crippen LogP contribution in [0.2, 0.25) is 0 Å². The lowest BCUT2D eigenvalue weighted by molar-refractivity contribution is 0.581. The Labute approximate surface area is 127 Å². The number of sulfonamides is 1. The number of hydrogen-bond donors (Lipinski definition) is 2. The van der Waals surface area contributed by atoms with Crippen molar-refractivity contribution in [2.24, 2.45) is 5.73 Å². The number of thiophene rings is 1. The van der Waals surface area contributed by atoms with Crippen LogP contribution in [0.4, 0.5) is 4.39 Å². The van der Waals surface area contributed by atoms with Gasteiger partial charge in [-0.3, -0.25) is 0 Å². The summed E-state index contributed by atoms with van der Waals surface area (Å²) in [5, 5.41) is 0. The minimum absolute atomic E-state index is 0.265. The monoisotopic (exact) mass is 328 g/mol. The second-order valence-electron chi connectivity index (χ2n) is 4.61. The van der Waals surface area contributed by atoms with Gasteiger partial charge in [0.1, 0.15) is 5.82 Å². The number of halogens is 1. The standard InChI is InChI=1S/C14H17FN2O2S2/c1-10-14(8-13(9-16)20-10)21(18,19)17-7-6-11-2-4-12(15)5-3-11/h2-5,8,17H,6-7,9,16H2,1H3. The van der Waals surface area contributed by atoms with Gasteiger partial charge in [-0.05, 0) is 37.1 Å². The Bertz CT molecular complexity index is 709. The molecule has 0 aliphatic heterocycles. The minimum atomic E-state index is -3.53. The Hall–Kier alpha value is -1.28. The summed E-state index contributed by atoms with van der Waals surface area (Å²) in [6.45, 7) is 2.36. The van der Waals surface area contributed by atoms with E-state index in [1.165, 1.54) is 23.5 Å². The van der Waals surface area contributed by atoms with E-state index < -0.39 is 10.0 Å². The lowest BCUT2D eigenvalue weighted by Gasteiger charge is -2.06. The molecule has 0 bridgehead atoms. The lowest BCUT2D eigenvalue weighted by atomic mass is 10.1. The van der Waals surface area contributed by atoms with Crippen molar-refractivity contribution in [3.8, 4) is 0 Å². The molecule has 0 unspecified atom stereocenters. The van der Waals surface area contributed by atoms with Crippen LogP contribution in [0.3, 0.4) is 0 Å². The van der Waals surface area contributed by atoms with Crippen LogP contribution in [-0.2, 0) is 23.0 Å². The molecule has 0 amide bonds. The van der Waals surface area contributed by atoms with Crippen molar-refractivity contribution in [1.29, 1.82) is 0 Å². The maximum atomic E-state index is 12.8. The minimum Gasteiger partial charge on any atom is -0.326 e. The molecule has 0 spiro atoms. The van der Waals surface area contributed by atoms with E-state index in [2.05, 4.69) is 4.72 Å². The van der Waals surface area contributed by atoms with Gasteiger partial charge < -0.3 is 5.73 Å². The van der Waals surface area contributed by atoms with E-state index in [0.717, 1.165) is 15.3 Å². The van der Waals surface area contributed by atoms with Crippen LogP contribution >= 0.6 is 11.3 Å². The molecule has 3 N–H and O–H groups in total. The predicted octanol–water partition coefficient (Wildman–Crippen LogP) is 2.18. The second kappa shape index (κ2) is 6.65. The van der Waals surface area contributed by atoms with Crippen LogP contribution in [0.15, 0.2) is 35.2 Å². The average molecular weight is 328 g/mol. The molecule has 7 heteroatoms. The maximum absolute atomic E-state index is 12.8. The fourth-order valence-electron chi connectivity index (χ4n) is 1.95. The zero-order chi connectivity index (χ0) is 15.5. The van der Waals surface area contributed by atoms with Crippen LogP contribution in [0, 0.1) is 12.7 Å². The van der Waals surface area contributed by atoms with Gasteiger partial charge in [0.05, 0.1) is 4.90 Å². The largest absolute Gasteiger partial charge is 0.326 e. The number of nitrogens with two attached hydrogens (primary N) is 1. The summed E-state index contributed by atoms with van der Waals surface area (Å²) in [5.41, 5.74) is 6.41. The number of benzene rings is 1. The molecular formula is C14H17FN2O2S2. The molecule has 1 heterocycles. The smallest absolute Gasteiger partial charge is 0.241 e. The van der Waals surface area contributed by atoms with Crippen molar-refractivity contribution in [3.05, 3.63) is 51.5 Å². The summed E-state index contributed by atoms with van der Waals surface area (Å²) in [5.74, 6) is -0.303. The third kappa shape index (κ3) is 4.10. The van der Waals surface area contributed by atoms with Crippen molar-refractivity contribution in [1.82, 2.24) is 4.72 Å². The molecule has 0 aliphatic carbocycles. The Kier molecular flexibility index (Phi) is 5.10. The highest BCUT2D eigenvalue weighted by atomic mass is 32.2. The third-order valence-electron chi connectivity index (χ3n) is 3.03. The van der Waals surface area contributed by atoms with Crippen molar-refractivity contribution in [2.75, 3.05) is 6.54 Å². The van der Waals surface area contributed by atoms with Gasteiger partial charge in [-0.2, -0.15) is 0 Å². The summed E-state index contributed by atoms with van der Waals surface area (Å²) in [6.07, 6.45) is 0.506. The summed E-state index contributed by atoms with van der Waals surface area (Å²) < 4.78 is 39.8. The number of aryl methyl sites for hydroxylation is 1. The average Bonchev–Trinajstić information content (AvgIpc) is 2.83. The third-order valence-corrected chi connectivity index (χ3v) is 5.82. The van der Waals surface area contributed by atoms with Crippen molar-refractivity contribution >= 4 is 21.4 Å². The molecule has 0 radical (unpaired) electrons. The molecule has 2 rings (SSSR count). The van der Waals surface area contributed by atoms with E-state index in [4.69, 9.17) is 5.73 Å². The summed E-state index contributed by atoms with van der Waals surface area (Å²) in [7, 11) is -3.53. The highest BCUT2D eigenvalue weighted by Crippen LogP contribution is 2.25. The Balaban J connectivity index is 2.01. The van der Waals surface area contributed by atoms with Gasteiger partial charge in [-0.15, -0.1) is 11.3 Å². The van der Waals surface area contributed by atoms with Crippen LogP contribution in [0.5, 0.6) is 0 Å². The molecule has 0 aliphatic rings. The fourth-order valence-corrected chi connectivity index (χ4v) is 4.49. The maximum Gasteiger partial charge on any atom is 0.241 e. The molecule has 114 valence electrons. The zero-order valence-electron chi connectivity index (χ0n) is 11.6. The van der Waals surface area contributed by atoms with Gasteiger partial charge in [-0.1, -0.05) is 12.1 Å². The van der Waals surface area contributed by atoms with E-state index in [9.17, 15) is 12.8 Å². The Morgan fingerprint density at radius 1 is 1.29 bits per heavy atom. The molecule has 0 fully saturated rings. The number of hydrogen-bond acceptors (Lipinski definition) is 4. The first-order valence-electron chi connectivity index (χ1n) is 6.46. The zero-order valence-corrected chi connectivity index (χ0v) is 13.2. The topological polar surface area (TPSA) is 72.2 Å². The van der Waals surface area contributed by atoms with Crippen molar-refractivity contribution in [2.45, 2.75) is 24.8 Å². The lowest BCUT2D eigenvalue weighted by Crippen LogP contribution is -2.26. The SMILES string of the molecule is Cc1sc(CN)cc1S(=O)(=O)NCCc1ccc(F)cc1. The molecule has 0 atom stereocenters. The second-order valence-corrected chi connectivity index (χ2v) is 7.69. The molecule has 2 aromatic rings. The highest BCUT2D eigenvalue weighted by molar-refractivity contribution is 7.89. The molecule has 1 aromatic heterocycles. The van der Waals surface area contributed by atoms with Gasteiger partial charge in [0.2, 0.25) is 10.0 Å². The van der Waals surface area contributed by atoms with Crippen molar-refractivity contribution < 1.29 is 12.8 Å². The Morgan fingerprint density at radius 2 is 1.95 bits per heavy atom. The van der Waals surface area contributed by atoms with Crippen LogP contribution < -0.4 is 10.5 Å². The summed E-state index contributed by atoms with van der Waals surface area (Å²) in [4.78, 5) is 1.85. The van der Waals surface area contributed by atoms with Gasteiger partial charge in [-0.25, -0.2) is 17.5 Å². The van der Waals surface area contributed by atoms with Gasteiger partial charge in [0.15, 0.2) is 0 Å². The molecule has 0 saturated carbocycles. The first-order valence-corrected chi connectivity index (χ1v) is 8.76. The van der Waals surface area contributed by atoms with E-state index in [0.29, 0.717) is 13.0 Å². The normalized spacial score (nSPS) is 11.8. The highest BCUT2D eigenvalue weighted by Gasteiger charge is 2.19. The Morgan fingerprint density at radius 3 is 2.52 bits per heavy atom. The van der Waals surface area contributed by atoms with Crippen LogP contribution in [-0.4, -0.2) is 15.0 Å². The predicted molar refractivity (Wildman–Crippen MR) is 82.2 cm³/mol. The van der Waals surface area contributed by atoms with Crippen molar-refractivity contribution in [3.63, 3.8) is 0 Å². The van der Waals surface area contributed by atoms with E-state index in [1.807, 2.05) is 0 Å². The van der Waals surface area contributed by atoms with E-state index >= 15 is 0 Å². The molecule has 1 aromatic carbocycles. The van der Waals surface area contributed by atoms with Gasteiger partial charge >= 0.3 is 0 Å². The first-order chi connectivity index (χ1) is 9.92. The van der Waals surface area contributed by atoms with Crippen LogP contribution in [0.25, 0.3) is 0 Å². The quantitative estimate of drug-likeness (QED) is 0.854. The van der Waals surface area contributed by atoms with E-state index in [-0.39, 0.29) is 17.3 Å². The van der Waals surface area contributed by atoms with Gasteiger partial charge in [0, 0.05) is 22.8 Å². The van der Waals surface area contributed by atoms with Crippen LogP contribution in [0.1, 0.15) is 15.3 Å². The molecule has 21 heavy (non-hydrogen) atoms.